The molecule has 1 saturated heterocycles. The third-order valence-corrected chi connectivity index (χ3v) is 4.91. The van der Waals surface area contributed by atoms with E-state index >= 15 is 0 Å². The molecule has 0 atom stereocenters. The highest BCUT2D eigenvalue weighted by Gasteiger charge is 2.23. The van der Waals surface area contributed by atoms with Crippen molar-refractivity contribution in [1.82, 2.24) is 10.3 Å². The van der Waals surface area contributed by atoms with Gasteiger partial charge < -0.3 is 15.5 Å². The Hall–Kier alpha value is -4.00. The third kappa shape index (κ3) is 5.08. The Balaban J connectivity index is 1.44. The molecule has 1 aliphatic rings. The maximum atomic E-state index is 12.0. The first-order valence-electron chi connectivity index (χ1n) is 9.41. The molecule has 3 rings (SSSR count). The van der Waals surface area contributed by atoms with E-state index in [9.17, 15) is 25.0 Å². The van der Waals surface area contributed by atoms with Gasteiger partial charge in [0.05, 0.1) is 10.5 Å². The number of non-ortho nitro benzene ring substituents is 1. The van der Waals surface area contributed by atoms with Gasteiger partial charge in [0.25, 0.3) is 5.69 Å². The van der Waals surface area contributed by atoms with Crippen LogP contribution in [0.2, 0.25) is 0 Å². The number of hydrogen-bond acceptors (Lipinski definition) is 7. The SMILES string of the molecule is N#Cc1cccnc1N1CCC(CNC(=O)C(=O)Nc2ccc([N+](=O)[O-])cc2)CC1. The number of nitrogens with zero attached hydrogens (tertiary/aromatic N) is 4. The summed E-state index contributed by atoms with van der Waals surface area (Å²) >= 11 is 0. The maximum Gasteiger partial charge on any atom is 0.313 e. The molecule has 1 aromatic carbocycles. The van der Waals surface area contributed by atoms with E-state index in [-0.39, 0.29) is 11.6 Å². The van der Waals surface area contributed by atoms with Gasteiger partial charge in [0, 0.05) is 43.7 Å². The monoisotopic (exact) mass is 408 g/mol. The first-order valence-corrected chi connectivity index (χ1v) is 9.41. The van der Waals surface area contributed by atoms with Crippen LogP contribution in [-0.2, 0) is 9.59 Å². The molecule has 0 bridgehead atoms. The van der Waals surface area contributed by atoms with Crippen molar-refractivity contribution in [2.24, 2.45) is 5.92 Å². The van der Waals surface area contributed by atoms with Crippen molar-refractivity contribution in [3.63, 3.8) is 0 Å². The van der Waals surface area contributed by atoms with Crippen molar-refractivity contribution in [3.8, 4) is 6.07 Å². The van der Waals surface area contributed by atoms with Gasteiger partial charge in [0.2, 0.25) is 0 Å². The summed E-state index contributed by atoms with van der Waals surface area (Å²) in [5, 5.41) is 24.9. The van der Waals surface area contributed by atoms with Gasteiger partial charge in [-0.05, 0) is 43.0 Å². The van der Waals surface area contributed by atoms with Crippen molar-refractivity contribution in [2.75, 3.05) is 29.9 Å². The van der Waals surface area contributed by atoms with E-state index in [1.165, 1.54) is 24.3 Å². The van der Waals surface area contributed by atoms with Crippen LogP contribution < -0.4 is 15.5 Å². The van der Waals surface area contributed by atoms with Gasteiger partial charge in [-0.15, -0.1) is 0 Å². The maximum absolute atomic E-state index is 12.0. The molecule has 0 spiro atoms. The highest BCUT2D eigenvalue weighted by molar-refractivity contribution is 6.39. The molecule has 2 N–H and O–H groups in total. The molecule has 1 fully saturated rings. The first-order chi connectivity index (χ1) is 14.5. The summed E-state index contributed by atoms with van der Waals surface area (Å²) in [7, 11) is 0. The highest BCUT2D eigenvalue weighted by atomic mass is 16.6. The molecular formula is C20H20N6O4. The summed E-state index contributed by atoms with van der Waals surface area (Å²) in [6.45, 7) is 1.79. The van der Waals surface area contributed by atoms with E-state index in [0.717, 1.165) is 12.8 Å². The fourth-order valence-electron chi connectivity index (χ4n) is 3.26. The van der Waals surface area contributed by atoms with Crippen molar-refractivity contribution in [3.05, 3.63) is 58.3 Å². The van der Waals surface area contributed by atoms with Gasteiger partial charge in [0.15, 0.2) is 0 Å². The lowest BCUT2D eigenvalue weighted by Crippen LogP contribution is -2.42. The van der Waals surface area contributed by atoms with Gasteiger partial charge in [-0.2, -0.15) is 5.26 Å². The summed E-state index contributed by atoms with van der Waals surface area (Å²) in [6, 6.07) is 10.8. The Morgan fingerprint density at radius 1 is 1.20 bits per heavy atom. The number of nitro benzene ring substituents is 1. The van der Waals surface area contributed by atoms with Gasteiger partial charge in [-0.1, -0.05) is 0 Å². The number of aromatic nitrogens is 1. The van der Waals surface area contributed by atoms with E-state index in [2.05, 4.69) is 26.6 Å². The van der Waals surface area contributed by atoms with Crippen LogP contribution in [0.15, 0.2) is 42.6 Å². The second-order valence-corrected chi connectivity index (χ2v) is 6.88. The minimum atomic E-state index is -0.826. The van der Waals surface area contributed by atoms with Crippen LogP contribution in [0, 0.1) is 27.4 Å². The first kappa shape index (κ1) is 20.7. The Morgan fingerprint density at radius 2 is 1.90 bits per heavy atom. The molecule has 0 aliphatic carbocycles. The Morgan fingerprint density at radius 3 is 2.53 bits per heavy atom. The quantitative estimate of drug-likeness (QED) is 0.437. The van der Waals surface area contributed by atoms with E-state index in [4.69, 9.17) is 0 Å². The van der Waals surface area contributed by atoms with Crippen molar-refractivity contribution < 1.29 is 14.5 Å². The van der Waals surface area contributed by atoms with Crippen LogP contribution in [0.1, 0.15) is 18.4 Å². The molecule has 30 heavy (non-hydrogen) atoms. The van der Waals surface area contributed by atoms with Gasteiger partial charge in [0.1, 0.15) is 11.9 Å². The summed E-state index contributed by atoms with van der Waals surface area (Å²) in [4.78, 5) is 40.5. The minimum absolute atomic E-state index is 0.101. The zero-order valence-electron chi connectivity index (χ0n) is 16.1. The molecule has 2 aromatic rings. The van der Waals surface area contributed by atoms with E-state index in [0.29, 0.717) is 36.7 Å². The number of carbonyl (C=O) groups is 2. The number of nitriles is 1. The number of rotatable bonds is 5. The predicted octanol–water partition coefficient (Wildman–Crippen LogP) is 1.83. The third-order valence-electron chi connectivity index (χ3n) is 4.91. The predicted molar refractivity (Wildman–Crippen MR) is 109 cm³/mol. The number of piperidine rings is 1. The number of hydrogen-bond donors (Lipinski definition) is 2. The average molecular weight is 408 g/mol. The lowest BCUT2D eigenvalue weighted by atomic mass is 9.96. The standard InChI is InChI=1S/C20H20N6O4/c21-12-15-2-1-9-22-18(15)25-10-7-14(8-11-25)13-23-19(27)20(28)24-16-3-5-17(6-4-16)26(29)30/h1-6,9,14H,7-8,10-11,13H2,(H,23,27)(H,24,28). The van der Waals surface area contributed by atoms with Gasteiger partial charge >= 0.3 is 11.8 Å². The summed E-state index contributed by atoms with van der Waals surface area (Å²) < 4.78 is 0. The molecule has 0 saturated carbocycles. The van der Waals surface area contributed by atoms with Gasteiger partial charge in [-0.3, -0.25) is 19.7 Å². The Kier molecular flexibility index (Phi) is 6.54. The summed E-state index contributed by atoms with van der Waals surface area (Å²) in [6.07, 6.45) is 3.25. The molecule has 1 aliphatic heterocycles. The average Bonchev–Trinajstić information content (AvgIpc) is 2.78. The van der Waals surface area contributed by atoms with Crippen molar-refractivity contribution >= 4 is 29.0 Å². The summed E-state index contributed by atoms with van der Waals surface area (Å²) in [5.74, 6) is -0.697. The lowest BCUT2D eigenvalue weighted by molar-refractivity contribution is -0.384. The van der Waals surface area contributed by atoms with Crippen molar-refractivity contribution in [1.29, 1.82) is 5.26 Å². The number of amides is 2. The van der Waals surface area contributed by atoms with Crippen LogP contribution >= 0.6 is 0 Å². The fourth-order valence-corrected chi connectivity index (χ4v) is 3.26. The molecule has 10 heteroatoms. The van der Waals surface area contributed by atoms with Crippen LogP contribution in [0.25, 0.3) is 0 Å². The fraction of sp³-hybridized carbons (Fsp3) is 0.300. The number of pyridine rings is 1. The van der Waals surface area contributed by atoms with Crippen LogP contribution in [0.5, 0.6) is 0 Å². The highest BCUT2D eigenvalue weighted by Crippen LogP contribution is 2.23. The second-order valence-electron chi connectivity index (χ2n) is 6.88. The zero-order valence-corrected chi connectivity index (χ0v) is 16.1. The molecule has 1 aromatic heterocycles. The number of nitrogens with one attached hydrogen (secondary N) is 2. The summed E-state index contributed by atoms with van der Waals surface area (Å²) in [5.41, 5.74) is 0.737. The lowest BCUT2D eigenvalue weighted by Gasteiger charge is -2.33. The normalized spacial score (nSPS) is 13.9. The Labute approximate surface area is 172 Å². The largest absolute Gasteiger partial charge is 0.356 e. The van der Waals surface area contributed by atoms with E-state index in [1.54, 1.807) is 18.3 Å². The molecule has 10 nitrogen and oxygen atoms in total. The number of carbonyl (C=O) groups excluding carboxylic acids is 2. The van der Waals surface area contributed by atoms with Crippen LogP contribution in [-0.4, -0.2) is 41.4 Å². The van der Waals surface area contributed by atoms with Crippen LogP contribution in [0.4, 0.5) is 17.2 Å². The second kappa shape index (κ2) is 9.47. The minimum Gasteiger partial charge on any atom is -0.356 e. The number of anilines is 2. The molecule has 0 radical (unpaired) electrons. The van der Waals surface area contributed by atoms with Gasteiger partial charge in [-0.25, -0.2) is 4.98 Å². The molecule has 154 valence electrons. The molecule has 0 unspecified atom stereocenters. The van der Waals surface area contributed by atoms with E-state index < -0.39 is 16.7 Å². The Bertz CT molecular complexity index is 978. The zero-order chi connectivity index (χ0) is 21.5. The number of benzene rings is 1. The van der Waals surface area contributed by atoms with Crippen LogP contribution in [0.3, 0.4) is 0 Å². The molecule has 2 heterocycles. The smallest absolute Gasteiger partial charge is 0.313 e. The topological polar surface area (TPSA) is 141 Å². The molecule has 2 amide bonds. The van der Waals surface area contributed by atoms with E-state index in [1.807, 2.05) is 0 Å². The van der Waals surface area contributed by atoms with Crippen molar-refractivity contribution in [2.45, 2.75) is 12.8 Å². The number of nitro groups is 1. The molecular weight excluding hydrogens is 388 g/mol.